The summed E-state index contributed by atoms with van der Waals surface area (Å²) in [4.78, 5) is 113. The molecule has 1 aliphatic rings. The molecule has 0 spiro atoms. The normalized spacial score (nSPS) is 21.5. The number of benzene rings is 2. The monoisotopic (exact) mass is 891 g/mol. The number of likely N-dealkylation sites (N-methyl/N-ethyl adjacent to an activating group) is 1. The van der Waals surface area contributed by atoms with E-state index in [1.54, 1.807) is 37.3 Å². The molecule has 0 bridgehead atoms. The van der Waals surface area contributed by atoms with Crippen molar-refractivity contribution in [3.05, 3.63) is 71.8 Å². The number of aryl methyl sites for hydroxylation is 1. The lowest BCUT2D eigenvalue weighted by Crippen LogP contribution is -2.61. The number of carboxylic acids is 1. The zero-order valence-electron chi connectivity index (χ0n) is 36.8. The number of urea groups is 1. The number of amides is 8. The number of carbonyl (C=O) groups excluding carboxylic acids is 7. The molecule has 1 heterocycles. The third kappa shape index (κ3) is 17.6. The lowest BCUT2D eigenvalue weighted by molar-refractivity contribution is -0.144. The first-order valence-corrected chi connectivity index (χ1v) is 21.7. The molecule has 13 N–H and O–H groups in total. The maximum atomic E-state index is 14.5. The van der Waals surface area contributed by atoms with Gasteiger partial charge in [0, 0.05) is 26.6 Å². The smallest absolute Gasteiger partial charge is 0.326 e. The number of primary amides is 1. The Bertz CT molecular complexity index is 1910. The SMILES string of the molecule is CCC(C)C1NC(=O)C(NC(=O)NC(CCCN=C(N)N)C(=O)O)CCCCNC(=O)C(Cc2ccccc2)NC(=O)C(CC(N)=O)N(C)C(=O)C(CCCc2ccccc2)NC1=O. The fourth-order valence-corrected chi connectivity index (χ4v) is 7.15. The van der Waals surface area contributed by atoms with E-state index < -0.39 is 96.0 Å². The highest BCUT2D eigenvalue weighted by Gasteiger charge is 2.37. The number of hydrogen-bond donors (Lipinski definition) is 10. The Morgan fingerprint density at radius 3 is 2.09 bits per heavy atom. The Hall–Kier alpha value is -6.73. The number of nitrogens with zero attached hydrogens (tertiary/aromatic N) is 2. The Morgan fingerprint density at radius 2 is 1.48 bits per heavy atom. The van der Waals surface area contributed by atoms with Gasteiger partial charge in [-0.05, 0) is 68.4 Å². The van der Waals surface area contributed by atoms with E-state index in [2.05, 4.69) is 36.9 Å². The van der Waals surface area contributed by atoms with Gasteiger partial charge in [0.05, 0.1) is 6.42 Å². The second-order valence-electron chi connectivity index (χ2n) is 16.0. The van der Waals surface area contributed by atoms with Gasteiger partial charge in [0.25, 0.3) is 0 Å². The second-order valence-corrected chi connectivity index (χ2v) is 16.0. The first-order valence-electron chi connectivity index (χ1n) is 21.7. The lowest BCUT2D eigenvalue weighted by atomic mass is 9.96. The number of nitrogens with two attached hydrogens (primary N) is 3. The van der Waals surface area contributed by atoms with E-state index in [1.165, 1.54) is 7.05 Å². The first kappa shape index (κ1) is 51.6. The summed E-state index contributed by atoms with van der Waals surface area (Å²) in [5.41, 5.74) is 18.0. The Balaban J connectivity index is 2.02. The summed E-state index contributed by atoms with van der Waals surface area (Å²) in [6.45, 7) is 3.75. The van der Waals surface area contributed by atoms with Crippen molar-refractivity contribution >= 4 is 53.4 Å². The topological polar surface area (TPSA) is 323 Å². The highest BCUT2D eigenvalue weighted by atomic mass is 16.4. The Kier molecular flexibility index (Phi) is 21.5. The molecule has 0 radical (unpaired) electrons. The highest BCUT2D eigenvalue weighted by Crippen LogP contribution is 2.16. The standard InChI is InChI=1S/C44H65N11O9/c1-4-27(2)36-40(60)50-31(21-13-19-28-15-7-5-8-16-28)41(61)55(3)34(26-35(45)56)39(59)51-33(25-29-17-9-6-10-18-29)37(57)48-23-12-11-20-30(38(58)54-36)52-44(64)53-32(42(62)63)22-14-24-49-43(46)47/h5-10,15-18,27,30-34,36H,4,11-14,19-26H2,1-3H3,(H2,45,56)(H,48,57)(H,50,60)(H,51,59)(H,54,58)(H,62,63)(H4,46,47,49)(H2,52,53,64). The number of nitrogens with one attached hydrogen (secondary N) is 6. The van der Waals surface area contributed by atoms with Crippen molar-refractivity contribution in [2.24, 2.45) is 28.1 Å². The van der Waals surface area contributed by atoms with Gasteiger partial charge in [-0.1, -0.05) is 80.9 Å². The summed E-state index contributed by atoms with van der Waals surface area (Å²) >= 11 is 0. The molecule has 2 aromatic rings. The summed E-state index contributed by atoms with van der Waals surface area (Å²) in [5, 5.41) is 25.8. The largest absolute Gasteiger partial charge is 0.480 e. The van der Waals surface area contributed by atoms with Crippen LogP contribution in [0.15, 0.2) is 65.7 Å². The van der Waals surface area contributed by atoms with Crippen LogP contribution in [0.4, 0.5) is 4.79 Å². The van der Waals surface area contributed by atoms with Crippen LogP contribution in [0.1, 0.15) is 82.8 Å². The van der Waals surface area contributed by atoms with Crippen LogP contribution in [-0.4, -0.2) is 120 Å². The average molecular weight is 892 g/mol. The Morgan fingerprint density at radius 1 is 0.844 bits per heavy atom. The summed E-state index contributed by atoms with van der Waals surface area (Å²) in [6.07, 6.45) is 1.69. The van der Waals surface area contributed by atoms with Crippen LogP contribution in [0.2, 0.25) is 0 Å². The second kappa shape index (κ2) is 26.7. The van der Waals surface area contributed by atoms with E-state index in [0.29, 0.717) is 31.2 Å². The van der Waals surface area contributed by atoms with E-state index in [-0.39, 0.29) is 57.6 Å². The molecular weight excluding hydrogens is 827 g/mol. The number of rotatable bonds is 17. The molecule has 1 saturated heterocycles. The fraction of sp³-hybridized carbons (Fsp3) is 0.523. The van der Waals surface area contributed by atoms with E-state index in [4.69, 9.17) is 17.2 Å². The molecule has 20 nitrogen and oxygen atoms in total. The van der Waals surface area contributed by atoms with Crippen molar-refractivity contribution < 1.29 is 43.5 Å². The summed E-state index contributed by atoms with van der Waals surface area (Å²) in [7, 11) is 1.31. The summed E-state index contributed by atoms with van der Waals surface area (Å²) < 4.78 is 0. The molecule has 350 valence electrons. The number of aliphatic carboxylic acids is 1. The van der Waals surface area contributed by atoms with Crippen molar-refractivity contribution in [2.45, 2.75) is 121 Å². The van der Waals surface area contributed by atoms with Crippen LogP contribution in [0, 0.1) is 5.92 Å². The fourth-order valence-electron chi connectivity index (χ4n) is 7.15. The maximum absolute atomic E-state index is 14.5. The third-order valence-electron chi connectivity index (χ3n) is 11.0. The van der Waals surface area contributed by atoms with Gasteiger partial charge in [0.15, 0.2) is 5.96 Å². The number of hydrogen-bond acceptors (Lipinski definition) is 9. The van der Waals surface area contributed by atoms with Crippen molar-refractivity contribution in [1.82, 2.24) is 36.8 Å². The van der Waals surface area contributed by atoms with E-state index in [0.717, 1.165) is 10.5 Å². The number of carboxylic acid groups (broad SMARTS) is 1. The molecule has 3 rings (SSSR count). The van der Waals surface area contributed by atoms with Gasteiger partial charge in [0.1, 0.15) is 36.3 Å². The zero-order chi connectivity index (χ0) is 47.2. The van der Waals surface area contributed by atoms with Crippen LogP contribution in [0.3, 0.4) is 0 Å². The van der Waals surface area contributed by atoms with Gasteiger partial charge in [-0.15, -0.1) is 0 Å². The van der Waals surface area contributed by atoms with Crippen molar-refractivity contribution in [2.75, 3.05) is 20.1 Å². The van der Waals surface area contributed by atoms with Gasteiger partial charge < -0.3 is 59.1 Å². The third-order valence-corrected chi connectivity index (χ3v) is 11.0. The van der Waals surface area contributed by atoms with E-state index in [1.807, 2.05) is 37.3 Å². The molecule has 0 aliphatic carbocycles. The van der Waals surface area contributed by atoms with Crippen LogP contribution >= 0.6 is 0 Å². The molecule has 2 aromatic carbocycles. The van der Waals surface area contributed by atoms with E-state index in [9.17, 15) is 43.5 Å². The molecular formula is C44H65N11O9. The van der Waals surface area contributed by atoms with Crippen molar-refractivity contribution in [3.63, 3.8) is 0 Å². The average Bonchev–Trinajstić information content (AvgIpc) is 3.26. The lowest BCUT2D eigenvalue weighted by Gasteiger charge is -2.33. The molecule has 7 unspecified atom stereocenters. The molecule has 64 heavy (non-hydrogen) atoms. The minimum absolute atomic E-state index is 0.0105. The van der Waals surface area contributed by atoms with Crippen LogP contribution in [0.5, 0.6) is 0 Å². The quantitative estimate of drug-likeness (QED) is 0.0570. The van der Waals surface area contributed by atoms with Gasteiger partial charge >= 0.3 is 12.0 Å². The van der Waals surface area contributed by atoms with Crippen molar-refractivity contribution in [1.29, 1.82) is 0 Å². The molecule has 7 atom stereocenters. The molecule has 0 saturated carbocycles. The van der Waals surface area contributed by atoms with Crippen LogP contribution in [-0.2, 0) is 46.4 Å². The predicted octanol–water partition coefficient (Wildman–Crippen LogP) is -0.0704. The number of carbonyl (C=O) groups is 8. The molecule has 8 amide bonds. The van der Waals surface area contributed by atoms with E-state index >= 15 is 0 Å². The van der Waals surface area contributed by atoms with Gasteiger partial charge in [0.2, 0.25) is 35.4 Å². The minimum Gasteiger partial charge on any atom is -0.480 e. The molecule has 1 aliphatic heterocycles. The summed E-state index contributed by atoms with van der Waals surface area (Å²) in [6, 6.07) is 9.69. The maximum Gasteiger partial charge on any atom is 0.326 e. The van der Waals surface area contributed by atoms with Crippen molar-refractivity contribution in [3.8, 4) is 0 Å². The van der Waals surface area contributed by atoms with Gasteiger partial charge in [-0.3, -0.25) is 33.8 Å². The minimum atomic E-state index is -1.46. The summed E-state index contributed by atoms with van der Waals surface area (Å²) in [5.74, 6) is -6.42. The number of guanidine groups is 1. The molecule has 20 heteroatoms. The predicted molar refractivity (Wildman–Crippen MR) is 239 cm³/mol. The van der Waals surface area contributed by atoms with Gasteiger partial charge in [-0.2, -0.15) is 0 Å². The van der Waals surface area contributed by atoms with Gasteiger partial charge in [-0.25, -0.2) is 9.59 Å². The Labute approximate surface area is 373 Å². The first-order chi connectivity index (χ1) is 30.5. The van der Waals surface area contributed by atoms with Crippen LogP contribution in [0.25, 0.3) is 0 Å². The molecule has 1 fully saturated rings. The van der Waals surface area contributed by atoms with Crippen LogP contribution < -0.4 is 49.1 Å². The molecule has 0 aromatic heterocycles. The zero-order valence-corrected chi connectivity index (χ0v) is 36.8. The highest BCUT2D eigenvalue weighted by molar-refractivity contribution is 5.98. The number of aliphatic imine (C=N–C) groups is 1.